The van der Waals surface area contributed by atoms with Gasteiger partial charge in [-0.3, -0.25) is 4.79 Å². The van der Waals surface area contributed by atoms with E-state index in [1.165, 1.54) is 6.33 Å². The summed E-state index contributed by atoms with van der Waals surface area (Å²) in [5, 5.41) is 7.74. The van der Waals surface area contributed by atoms with Gasteiger partial charge in [0.2, 0.25) is 5.95 Å². The SMILES string of the molecule is CCCOc1ccc(Br)cc1[C@H]1[C@@H]2C(=O)CC(C)(C)C=C2Nc2ncnn21. The number of Topliss-reactive ketones (excluding diaryl/α,β-unsaturated/α-hetero) is 1. The summed E-state index contributed by atoms with van der Waals surface area (Å²) in [6, 6.07) is 5.65. The molecule has 2 aromatic rings. The van der Waals surface area contributed by atoms with Crippen molar-refractivity contribution in [2.24, 2.45) is 11.3 Å². The van der Waals surface area contributed by atoms with Gasteiger partial charge in [-0.1, -0.05) is 42.8 Å². The Bertz CT molecular complexity index is 918. The number of fused-ring (bicyclic) bond motifs is 2. The van der Waals surface area contributed by atoms with E-state index in [-0.39, 0.29) is 23.2 Å². The molecule has 0 saturated carbocycles. The zero-order valence-corrected chi connectivity index (χ0v) is 17.3. The molecule has 0 saturated heterocycles. The van der Waals surface area contributed by atoms with Crippen molar-refractivity contribution in [1.82, 2.24) is 14.8 Å². The number of nitrogens with one attached hydrogen (secondary N) is 1. The first kappa shape index (κ1) is 18.2. The number of aromatic nitrogens is 3. The molecular formula is C20H23BrN4O2. The van der Waals surface area contributed by atoms with Crippen LogP contribution in [0.15, 0.2) is 40.8 Å². The first-order valence-corrected chi connectivity index (χ1v) is 10.0. The summed E-state index contributed by atoms with van der Waals surface area (Å²) in [6.45, 7) is 6.86. The van der Waals surface area contributed by atoms with Crippen LogP contribution in [0.3, 0.4) is 0 Å². The van der Waals surface area contributed by atoms with Crippen LogP contribution in [-0.4, -0.2) is 27.2 Å². The zero-order valence-electron chi connectivity index (χ0n) is 15.7. The maximum atomic E-state index is 13.2. The Hall–Kier alpha value is -2.15. The summed E-state index contributed by atoms with van der Waals surface area (Å²) < 4.78 is 8.75. The standard InChI is InChI=1S/C20H23BrN4O2/c1-4-7-27-16-6-5-12(21)8-13(16)18-17-14(9-20(2,3)10-15(17)26)24-19-22-11-23-25(18)19/h5-6,8-9,11,17-18H,4,7,10H2,1-3H3,(H,22,23,24)/t17-,18-/m0/s1. The Morgan fingerprint density at radius 3 is 3.00 bits per heavy atom. The summed E-state index contributed by atoms with van der Waals surface area (Å²) in [7, 11) is 0. The van der Waals surface area contributed by atoms with Gasteiger partial charge in [-0.25, -0.2) is 4.68 Å². The summed E-state index contributed by atoms with van der Waals surface area (Å²) in [5.74, 6) is 1.31. The molecule has 1 N–H and O–H groups in total. The molecule has 2 aliphatic rings. The van der Waals surface area contributed by atoms with Crippen LogP contribution < -0.4 is 10.1 Å². The fraction of sp³-hybridized carbons (Fsp3) is 0.450. The maximum Gasteiger partial charge on any atom is 0.226 e. The van der Waals surface area contributed by atoms with Crippen molar-refractivity contribution in [3.63, 3.8) is 0 Å². The van der Waals surface area contributed by atoms with Gasteiger partial charge in [0, 0.05) is 22.2 Å². The first-order chi connectivity index (χ1) is 12.9. The number of halogens is 1. The van der Waals surface area contributed by atoms with E-state index >= 15 is 0 Å². The molecule has 1 aromatic heterocycles. The minimum Gasteiger partial charge on any atom is -0.493 e. The molecule has 0 fully saturated rings. The Morgan fingerprint density at radius 1 is 1.41 bits per heavy atom. The van der Waals surface area contributed by atoms with Crippen LogP contribution in [0.2, 0.25) is 0 Å². The molecule has 27 heavy (non-hydrogen) atoms. The number of anilines is 1. The minimum absolute atomic E-state index is 0.179. The molecule has 2 heterocycles. The molecule has 0 bridgehead atoms. The normalized spacial score (nSPS) is 23.1. The molecule has 7 heteroatoms. The molecule has 2 atom stereocenters. The topological polar surface area (TPSA) is 69.0 Å². The van der Waals surface area contributed by atoms with Crippen molar-refractivity contribution in [1.29, 1.82) is 0 Å². The molecule has 6 nitrogen and oxygen atoms in total. The summed E-state index contributed by atoms with van der Waals surface area (Å²) >= 11 is 3.57. The van der Waals surface area contributed by atoms with Crippen LogP contribution >= 0.6 is 15.9 Å². The second-order valence-electron chi connectivity index (χ2n) is 7.84. The number of rotatable bonds is 4. The van der Waals surface area contributed by atoms with Crippen LogP contribution in [0.4, 0.5) is 5.95 Å². The lowest BCUT2D eigenvalue weighted by molar-refractivity contribution is -0.125. The summed E-state index contributed by atoms with van der Waals surface area (Å²) in [5.41, 5.74) is 1.67. The summed E-state index contributed by atoms with van der Waals surface area (Å²) in [6.07, 6.45) is 5.10. The van der Waals surface area contributed by atoms with E-state index in [1.54, 1.807) is 4.68 Å². The lowest BCUT2D eigenvalue weighted by Gasteiger charge is -2.40. The van der Waals surface area contributed by atoms with Gasteiger partial charge in [0.15, 0.2) is 0 Å². The molecule has 142 valence electrons. The monoisotopic (exact) mass is 430 g/mol. The molecule has 1 aromatic carbocycles. The van der Waals surface area contributed by atoms with Crippen LogP contribution in [0.5, 0.6) is 5.75 Å². The third-order valence-corrected chi connectivity index (χ3v) is 5.51. The van der Waals surface area contributed by atoms with Gasteiger partial charge in [0.1, 0.15) is 17.9 Å². The largest absolute Gasteiger partial charge is 0.493 e. The number of hydrogen-bond acceptors (Lipinski definition) is 5. The average Bonchev–Trinajstić information content (AvgIpc) is 3.05. The van der Waals surface area contributed by atoms with E-state index in [0.29, 0.717) is 19.0 Å². The Morgan fingerprint density at radius 2 is 2.22 bits per heavy atom. The highest BCUT2D eigenvalue weighted by molar-refractivity contribution is 9.10. The highest BCUT2D eigenvalue weighted by Crippen LogP contribution is 2.47. The highest BCUT2D eigenvalue weighted by Gasteiger charge is 2.45. The van der Waals surface area contributed by atoms with E-state index < -0.39 is 0 Å². The van der Waals surface area contributed by atoms with Gasteiger partial charge >= 0.3 is 0 Å². The van der Waals surface area contributed by atoms with Crippen LogP contribution in [0, 0.1) is 11.3 Å². The van der Waals surface area contributed by atoms with Crippen molar-refractivity contribution in [3.05, 3.63) is 46.3 Å². The van der Waals surface area contributed by atoms with Gasteiger partial charge in [0.25, 0.3) is 0 Å². The average molecular weight is 431 g/mol. The number of carbonyl (C=O) groups is 1. The lowest BCUT2D eigenvalue weighted by Crippen LogP contribution is -2.42. The minimum atomic E-state index is -0.328. The van der Waals surface area contributed by atoms with Gasteiger partial charge in [0.05, 0.1) is 18.6 Å². The fourth-order valence-electron chi connectivity index (χ4n) is 3.97. The van der Waals surface area contributed by atoms with Gasteiger partial charge in [-0.15, -0.1) is 0 Å². The number of ketones is 1. The number of nitrogens with zero attached hydrogens (tertiary/aromatic N) is 3. The molecule has 1 aliphatic carbocycles. The Labute approximate surface area is 167 Å². The van der Waals surface area contributed by atoms with Gasteiger partial charge in [-0.2, -0.15) is 10.1 Å². The molecule has 0 radical (unpaired) electrons. The third-order valence-electron chi connectivity index (χ3n) is 5.02. The zero-order chi connectivity index (χ0) is 19.2. The highest BCUT2D eigenvalue weighted by atomic mass is 79.9. The van der Waals surface area contributed by atoms with Crippen molar-refractivity contribution in [2.45, 2.75) is 39.7 Å². The summed E-state index contributed by atoms with van der Waals surface area (Å²) in [4.78, 5) is 17.5. The van der Waals surface area contributed by atoms with Gasteiger partial charge < -0.3 is 10.1 Å². The van der Waals surface area contributed by atoms with Crippen molar-refractivity contribution in [2.75, 3.05) is 11.9 Å². The predicted molar refractivity (Wildman–Crippen MR) is 107 cm³/mol. The second-order valence-corrected chi connectivity index (χ2v) is 8.75. The number of ether oxygens (including phenoxy) is 1. The van der Waals surface area contributed by atoms with Crippen LogP contribution in [-0.2, 0) is 4.79 Å². The van der Waals surface area contributed by atoms with Crippen molar-refractivity contribution in [3.8, 4) is 5.75 Å². The molecule has 0 spiro atoms. The third kappa shape index (κ3) is 3.29. The number of benzene rings is 1. The van der Waals surface area contributed by atoms with Crippen molar-refractivity contribution < 1.29 is 9.53 Å². The fourth-order valence-corrected chi connectivity index (χ4v) is 4.35. The van der Waals surface area contributed by atoms with Gasteiger partial charge in [-0.05, 0) is 30.0 Å². The molecular weight excluding hydrogens is 408 g/mol. The van der Waals surface area contributed by atoms with Crippen LogP contribution in [0.1, 0.15) is 45.2 Å². The van der Waals surface area contributed by atoms with Crippen molar-refractivity contribution >= 4 is 27.7 Å². The number of allylic oxidation sites excluding steroid dienone is 2. The molecule has 4 rings (SSSR count). The molecule has 0 unspecified atom stereocenters. The molecule has 1 aliphatic heterocycles. The quantitative estimate of drug-likeness (QED) is 0.780. The van der Waals surface area contributed by atoms with E-state index in [4.69, 9.17) is 4.74 Å². The Kier molecular flexibility index (Phi) is 4.58. The van der Waals surface area contributed by atoms with E-state index in [0.717, 1.165) is 27.9 Å². The van der Waals surface area contributed by atoms with E-state index in [2.05, 4.69) is 58.2 Å². The second kappa shape index (κ2) is 6.78. The first-order valence-electron chi connectivity index (χ1n) is 9.24. The van der Waals surface area contributed by atoms with E-state index in [9.17, 15) is 4.79 Å². The predicted octanol–water partition coefficient (Wildman–Crippen LogP) is 4.34. The van der Waals surface area contributed by atoms with E-state index in [1.807, 2.05) is 18.2 Å². The lowest BCUT2D eigenvalue weighted by atomic mass is 9.72. The number of carbonyl (C=O) groups excluding carboxylic acids is 1. The smallest absolute Gasteiger partial charge is 0.226 e. The Balaban J connectivity index is 1.89. The maximum absolute atomic E-state index is 13.2. The number of hydrogen-bond donors (Lipinski definition) is 1. The van der Waals surface area contributed by atoms with Crippen LogP contribution in [0.25, 0.3) is 0 Å². The molecule has 0 amide bonds.